The van der Waals surface area contributed by atoms with Gasteiger partial charge in [-0.15, -0.1) is 12.4 Å². The van der Waals surface area contributed by atoms with Crippen LogP contribution in [0.4, 0.5) is 5.69 Å². The lowest BCUT2D eigenvalue weighted by Crippen LogP contribution is -2.24. The van der Waals surface area contributed by atoms with Crippen LogP contribution < -0.4 is 14.4 Å². The number of ether oxygens (including phenoxy) is 2. The Bertz CT molecular complexity index is 953. The zero-order valence-electron chi connectivity index (χ0n) is 17.2. The van der Waals surface area contributed by atoms with Gasteiger partial charge in [0.25, 0.3) is 0 Å². The van der Waals surface area contributed by atoms with Gasteiger partial charge in [-0.25, -0.2) is 0 Å². The molecule has 1 aliphatic rings. The average Bonchev–Trinajstić information content (AvgIpc) is 3.01. The molecule has 1 aliphatic heterocycles. The third-order valence-corrected chi connectivity index (χ3v) is 5.37. The van der Waals surface area contributed by atoms with Crippen molar-refractivity contribution in [2.75, 3.05) is 25.1 Å². The molecule has 0 atom stereocenters. The minimum absolute atomic E-state index is 0. The highest BCUT2D eigenvalue weighted by atomic mass is 35.5. The van der Waals surface area contributed by atoms with E-state index >= 15 is 0 Å². The number of fused-ring (bicyclic) bond motifs is 1. The van der Waals surface area contributed by atoms with Gasteiger partial charge in [-0.1, -0.05) is 25.0 Å². The number of rotatable bonds is 5. The first-order valence-electron chi connectivity index (χ1n) is 10.1. The highest BCUT2D eigenvalue weighted by molar-refractivity contribution is 5.92. The number of methoxy groups -OCH3 is 1. The Morgan fingerprint density at radius 2 is 1.72 bits per heavy atom. The highest BCUT2D eigenvalue weighted by Crippen LogP contribution is 2.31. The molecule has 0 bridgehead atoms. The van der Waals surface area contributed by atoms with E-state index in [1.165, 1.54) is 36.8 Å². The Kier molecular flexibility index (Phi) is 7.21. The molecule has 1 saturated heterocycles. The van der Waals surface area contributed by atoms with E-state index in [0.717, 1.165) is 41.4 Å². The second-order valence-corrected chi connectivity index (χ2v) is 7.50. The second-order valence-electron chi connectivity index (χ2n) is 7.50. The van der Waals surface area contributed by atoms with E-state index in [-0.39, 0.29) is 12.4 Å². The molecule has 2 heterocycles. The molecule has 1 fully saturated rings. The summed E-state index contributed by atoms with van der Waals surface area (Å²) < 4.78 is 11.3. The first kappa shape index (κ1) is 21.3. The molecule has 0 amide bonds. The van der Waals surface area contributed by atoms with Crippen molar-refractivity contribution in [1.82, 2.24) is 4.98 Å². The Morgan fingerprint density at radius 1 is 0.931 bits per heavy atom. The summed E-state index contributed by atoms with van der Waals surface area (Å²) in [6.45, 7) is 4.84. The zero-order valence-corrected chi connectivity index (χ0v) is 18.0. The minimum atomic E-state index is 0. The van der Waals surface area contributed by atoms with Gasteiger partial charge < -0.3 is 14.4 Å². The summed E-state index contributed by atoms with van der Waals surface area (Å²) in [4.78, 5) is 7.30. The van der Waals surface area contributed by atoms with Gasteiger partial charge in [0.15, 0.2) is 0 Å². The topological polar surface area (TPSA) is 34.6 Å². The van der Waals surface area contributed by atoms with Crippen LogP contribution in [0, 0.1) is 6.92 Å². The fourth-order valence-electron chi connectivity index (χ4n) is 3.91. The standard InChI is InChI=1S/C24H28N2O2.ClH/c1-18-14-24(26-12-5-3-4-6-13-26)22-11-10-21(16-23(22)25-18)28-17-19-8-7-9-20(15-19)27-2;/h7-11,14-16H,3-6,12-13,17H2,1-2H3;1H. The molecule has 154 valence electrons. The molecule has 0 aliphatic carbocycles. The Labute approximate surface area is 179 Å². The normalized spacial score (nSPS) is 14.2. The first-order chi connectivity index (χ1) is 13.7. The Hall–Kier alpha value is -2.46. The Morgan fingerprint density at radius 3 is 2.48 bits per heavy atom. The molecule has 0 unspecified atom stereocenters. The van der Waals surface area contributed by atoms with Gasteiger partial charge in [-0.2, -0.15) is 0 Å². The average molecular weight is 413 g/mol. The van der Waals surface area contributed by atoms with Gasteiger partial charge in [0.2, 0.25) is 0 Å². The molecule has 2 aromatic carbocycles. The third-order valence-electron chi connectivity index (χ3n) is 5.37. The number of hydrogen-bond acceptors (Lipinski definition) is 4. The molecule has 1 aromatic heterocycles. The summed E-state index contributed by atoms with van der Waals surface area (Å²) in [5, 5.41) is 1.21. The molecule has 5 heteroatoms. The molecule has 4 rings (SSSR count). The number of aromatic nitrogens is 1. The summed E-state index contributed by atoms with van der Waals surface area (Å²) in [6.07, 6.45) is 5.21. The third kappa shape index (κ3) is 5.13. The minimum Gasteiger partial charge on any atom is -0.497 e. The summed E-state index contributed by atoms with van der Waals surface area (Å²) >= 11 is 0. The largest absolute Gasteiger partial charge is 0.497 e. The van der Waals surface area contributed by atoms with Crippen LogP contribution in [0.3, 0.4) is 0 Å². The van der Waals surface area contributed by atoms with E-state index in [9.17, 15) is 0 Å². The van der Waals surface area contributed by atoms with Crippen LogP contribution >= 0.6 is 12.4 Å². The number of anilines is 1. The SMILES string of the molecule is COc1cccc(COc2ccc3c(N4CCCCCC4)cc(C)nc3c2)c1.Cl. The zero-order chi connectivity index (χ0) is 19.3. The fraction of sp³-hybridized carbons (Fsp3) is 0.375. The van der Waals surface area contributed by atoms with Gasteiger partial charge in [0, 0.05) is 35.9 Å². The van der Waals surface area contributed by atoms with Gasteiger partial charge in [0.05, 0.1) is 12.6 Å². The van der Waals surface area contributed by atoms with E-state index in [1.54, 1.807) is 7.11 Å². The van der Waals surface area contributed by atoms with Crippen molar-refractivity contribution in [3.8, 4) is 11.5 Å². The van der Waals surface area contributed by atoms with E-state index in [2.05, 4.69) is 36.1 Å². The van der Waals surface area contributed by atoms with Crippen molar-refractivity contribution in [3.05, 3.63) is 59.8 Å². The molecule has 0 saturated carbocycles. The lowest BCUT2D eigenvalue weighted by Gasteiger charge is -2.24. The van der Waals surface area contributed by atoms with Crippen LogP contribution in [-0.2, 0) is 6.61 Å². The van der Waals surface area contributed by atoms with Gasteiger partial charge in [-0.3, -0.25) is 4.98 Å². The van der Waals surface area contributed by atoms with Crippen LogP contribution in [0.1, 0.15) is 36.9 Å². The van der Waals surface area contributed by atoms with Crippen LogP contribution in [-0.4, -0.2) is 25.2 Å². The predicted molar refractivity (Wildman–Crippen MR) is 122 cm³/mol. The van der Waals surface area contributed by atoms with Gasteiger partial charge in [0.1, 0.15) is 18.1 Å². The Balaban J connectivity index is 0.00000240. The number of nitrogens with zero attached hydrogens (tertiary/aromatic N) is 2. The lowest BCUT2D eigenvalue weighted by molar-refractivity contribution is 0.305. The van der Waals surface area contributed by atoms with Crippen LogP contribution in [0.5, 0.6) is 11.5 Å². The van der Waals surface area contributed by atoms with Gasteiger partial charge >= 0.3 is 0 Å². The fourth-order valence-corrected chi connectivity index (χ4v) is 3.91. The van der Waals surface area contributed by atoms with E-state index < -0.39 is 0 Å². The van der Waals surface area contributed by atoms with E-state index in [0.29, 0.717) is 6.61 Å². The molecular formula is C24H29ClN2O2. The predicted octanol–water partition coefficient (Wildman–Crippen LogP) is 5.93. The van der Waals surface area contributed by atoms with Crippen LogP contribution in [0.2, 0.25) is 0 Å². The number of aryl methyl sites for hydroxylation is 1. The molecule has 4 nitrogen and oxygen atoms in total. The summed E-state index contributed by atoms with van der Waals surface area (Å²) in [5.74, 6) is 1.69. The van der Waals surface area contributed by atoms with Crippen molar-refractivity contribution in [1.29, 1.82) is 0 Å². The number of hydrogen-bond donors (Lipinski definition) is 0. The summed E-state index contributed by atoms with van der Waals surface area (Å²) in [6, 6.07) is 16.5. The number of pyridine rings is 1. The molecule has 0 N–H and O–H groups in total. The molecule has 0 radical (unpaired) electrons. The van der Waals surface area contributed by atoms with Crippen molar-refractivity contribution >= 4 is 29.0 Å². The quantitative estimate of drug-likeness (QED) is 0.520. The molecular weight excluding hydrogens is 384 g/mol. The second kappa shape index (κ2) is 9.84. The lowest BCUT2D eigenvalue weighted by atomic mass is 10.1. The van der Waals surface area contributed by atoms with Gasteiger partial charge in [-0.05, 0) is 55.7 Å². The van der Waals surface area contributed by atoms with E-state index in [1.807, 2.05) is 24.3 Å². The van der Waals surface area contributed by atoms with Crippen molar-refractivity contribution < 1.29 is 9.47 Å². The first-order valence-corrected chi connectivity index (χ1v) is 10.1. The smallest absolute Gasteiger partial charge is 0.122 e. The summed E-state index contributed by atoms with van der Waals surface area (Å²) in [5.41, 5.74) is 4.45. The summed E-state index contributed by atoms with van der Waals surface area (Å²) in [7, 11) is 1.68. The maximum absolute atomic E-state index is 6.04. The molecule has 0 spiro atoms. The number of halogens is 1. The molecule has 29 heavy (non-hydrogen) atoms. The van der Waals surface area contributed by atoms with Crippen LogP contribution in [0.15, 0.2) is 48.5 Å². The monoisotopic (exact) mass is 412 g/mol. The maximum atomic E-state index is 6.04. The van der Waals surface area contributed by atoms with Crippen LogP contribution in [0.25, 0.3) is 10.9 Å². The van der Waals surface area contributed by atoms with E-state index in [4.69, 9.17) is 14.5 Å². The molecule has 3 aromatic rings. The van der Waals surface area contributed by atoms with Crippen molar-refractivity contribution in [3.63, 3.8) is 0 Å². The highest BCUT2D eigenvalue weighted by Gasteiger charge is 2.14. The maximum Gasteiger partial charge on any atom is 0.122 e. The number of benzene rings is 2. The van der Waals surface area contributed by atoms with Crippen molar-refractivity contribution in [2.45, 2.75) is 39.2 Å². The van der Waals surface area contributed by atoms with Crippen molar-refractivity contribution in [2.24, 2.45) is 0 Å².